The summed E-state index contributed by atoms with van der Waals surface area (Å²) < 4.78 is 10.3. The van der Waals surface area contributed by atoms with Gasteiger partial charge in [-0.25, -0.2) is 5.43 Å². The van der Waals surface area contributed by atoms with Crippen molar-refractivity contribution < 1.29 is 19.2 Å². The predicted octanol–water partition coefficient (Wildman–Crippen LogP) is 2.75. The number of amides is 1. The highest BCUT2D eigenvalue weighted by molar-refractivity contribution is 5.84. The number of nitrogens with zero attached hydrogens (tertiary/aromatic N) is 2. The van der Waals surface area contributed by atoms with E-state index in [1.807, 2.05) is 26.0 Å². The van der Waals surface area contributed by atoms with E-state index in [9.17, 15) is 14.9 Å². The van der Waals surface area contributed by atoms with E-state index < -0.39 is 10.8 Å². The topological polar surface area (TPSA) is 103 Å². The van der Waals surface area contributed by atoms with Crippen molar-refractivity contribution >= 4 is 17.8 Å². The summed E-state index contributed by atoms with van der Waals surface area (Å²) in [6.07, 6.45) is 1.31. The van der Waals surface area contributed by atoms with Crippen LogP contribution < -0.4 is 14.9 Å². The fourth-order valence-corrected chi connectivity index (χ4v) is 2.09. The lowest BCUT2D eigenvalue weighted by atomic mass is 10.1. The molecule has 1 amide bonds. The van der Waals surface area contributed by atoms with Crippen molar-refractivity contribution in [2.75, 3.05) is 13.7 Å². The summed E-state index contributed by atoms with van der Waals surface area (Å²) in [4.78, 5) is 22.2. The second kappa shape index (κ2) is 8.61. The number of rotatable bonds is 7. The van der Waals surface area contributed by atoms with E-state index in [0.29, 0.717) is 11.3 Å². The number of hydrogen-bond acceptors (Lipinski definition) is 6. The van der Waals surface area contributed by atoms with Crippen LogP contribution >= 0.6 is 0 Å². The molecule has 8 nitrogen and oxygen atoms in total. The third-order valence-corrected chi connectivity index (χ3v) is 3.65. The average Bonchev–Trinajstić information content (AvgIpc) is 2.62. The van der Waals surface area contributed by atoms with Gasteiger partial charge in [0.25, 0.3) is 5.91 Å². The van der Waals surface area contributed by atoms with Gasteiger partial charge in [0.1, 0.15) is 5.75 Å². The van der Waals surface area contributed by atoms with Gasteiger partial charge in [-0.15, -0.1) is 0 Å². The van der Waals surface area contributed by atoms with Crippen LogP contribution in [-0.4, -0.2) is 30.8 Å². The van der Waals surface area contributed by atoms with E-state index in [0.717, 1.165) is 11.1 Å². The molecule has 8 heteroatoms. The molecule has 0 bridgehead atoms. The first kappa shape index (κ1) is 18.9. The molecule has 1 N–H and O–H groups in total. The number of benzene rings is 2. The van der Waals surface area contributed by atoms with Crippen molar-refractivity contribution in [1.82, 2.24) is 5.43 Å². The molecule has 0 saturated carbocycles. The maximum absolute atomic E-state index is 11.8. The minimum absolute atomic E-state index is 0.151. The number of hydrazone groups is 1. The molecule has 0 atom stereocenters. The quantitative estimate of drug-likeness (QED) is 0.466. The molecule has 0 aliphatic carbocycles. The van der Waals surface area contributed by atoms with Gasteiger partial charge in [0.05, 0.1) is 18.2 Å². The molecule has 2 rings (SSSR count). The number of aryl methyl sites for hydroxylation is 2. The predicted molar refractivity (Wildman–Crippen MR) is 96.8 cm³/mol. The normalized spacial score (nSPS) is 10.6. The first-order valence-corrected chi connectivity index (χ1v) is 7.75. The second-order valence-corrected chi connectivity index (χ2v) is 5.52. The number of carbonyl (C=O) groups is 1. The lowest BCUT2D eigenvalue weighted by molar-refractivity contribution is -0.385. The van der Waals surface area contributed by atoms with Crippen LogP contribution in [0.15, 0.2) is 41.5 Å². The van der Waals surface area contributed by atoms with Crippen LogP contribution in [0.5, 0.6) is 11.5 Å². The summed E-state index contributed by atoms with van der Waals surface area (Å²) in [6, 6.07) is 9.91. The molecule has 2 aromatic carbocycles. The Kier molecular flexibility index (Phi) is 6.26. The van der Waals surface area contributed by atoms with E-state index in [4.69, 9.17) is 9.47 Å². The van der Waals surface area contributed by atoms with Crippen LogP contribution in [0.3, 0.4) is 0 Å². The molecule has 0 aliphatic rings. The Morgan fingerprint density at radius 2 is 2.00 bits per heavy atom. The van der Waals surface area contributed by atoms with Gasteiger partial charge in [-0.1, -0.05) is 6.07 Å². The number of carbonyl (C=O) groups excluding carboxylic acids is 1. The van der Waals surface area contributed by atoms with Crippen molar-refractivity contribution in [3.05, 3.63) is 63.2 Å². The van der Waals surface area contributed by atoms with Crippen molar-refractivity contribution in [3.8, 4) is 11.5 Å². The number of nitro groups is 1. The highest BCUT2D eigenvalue weighted by Gasteiger charge is 2.14. The zero-order chi connectivity index (χ0) is 19.1. The van der Waals surface area contributed by atoms with Gasteiger partial charge < -0.3 is 9.47 Å². The summed E-state index contributed by atoms with van der Waals surface area (Å²) in [5.41, 5.74) is 4.79. The summed E-state index contributed by atoms with van der Waals surface area (Å²) in [5, 5.41) is 14.7. The number of methoxy groups -OCH3 is 1. The Morgan fingerprint density at radius 1 is 1.23 bits per heavy atom. The molecule has 0 heterocycles. The van der Waals surface area contributed by atoms with Crippen molar-refractivity contribution in [2.45, 2.75) is 13.8 Å². The summed E-state index contributed by atoms with van der Waals surface area (Å²) >= 11 is 0. The maximum atomic E-state index is 11.8. The minimum atomic E-state index is -0.549. The van der Waals surface area contributed by atoms with E-state index >= 15 is 0 Å². The first-order valence-electron chi connectivity index (χ1n) is 7.75. The molecule has 0 aromatic heterocycles. The Hall–Kier alpha value is -3.42. The summed E-state index contributed by atoms with van der Waals surface area (Å²) in [5.74, 6) is 0.304. The first-order chi connectivity index (χ1) is 12.4. The Morgan fingerprint density at radius 3 is 2.65 bits per heavy atom. The number of ether oxygens (including phenoxy) is 2. The molecule has 0 fully saturated rings. The maximum Gasteiger partial charge on any atom is 0.311 e. The van der Waals surface area contributed by atoms with Crippen LogP contribution in [0.4, 0.5) is 5.69 Å². The smallest absolute Gasteiger partial charge is 0.311 e. The average molecular weight is 357 g/mol. The van der Waals surface area contributed by atoms with Crippen LogP contribution in [0.2, 0.25) is 0 Å². The highest BCUT2D eigenvalue weighted by atomic mass is 16.6. The fraction of sp³-hybridized carbons (Fsp3) is 0.222. The Bertz CT molecular complexity index is 849. The molecule has 0 aliphatic heterocycles. The minimum Gasteiger partial charge on any atom is -0.490 e. The van der Waals surface area contributed by atoms with Gasteiger partial charge in [-0.2, -0.15) is 5.10 Å². The molecule has 0 spiro atoms. The lowest BCUT2D eigenvalue weighted by Crippen LogP contribution is -2.24. The Balaban J connectivity index is 1.91. The second-order valence-electron chi connectivity index (χ2n) is 5.52. The van der Waals surface area contributed by atoms with Gasteiger partial charge in [0, 0.05) is 11.6 Å². The van der Waals surface area contributed by atoms with Crippen LogP contribution in [0.25, 0.3) is 0 Å². The highest BCUT2D eigenvalue weighted by Crippen LogP contribution is 2.26. The molecule has 26 heavy (non-hydrogen) atoms. The van der Waals surface area contributed by atoms with E-state index in [1.165, 1.54) is 25.5 Å². The zero-order valence-corrected chi connectivity index (χ0v) is 14.7. The van der Waals surface area contributed by atoms with Gasteiger partial charge in [0.2, 0.25) is 0 Å². The van der Waals surface area contributed by atoms with E-state index in [-0.39, 0.29) is 18.0 Å². The van der Waals surface area contributed by atoms with E-state index in [1.54, 1.807) is 12.1 Å². The molecule has 2 aromatic rings. The number of nitro benzene ring substituents is 1. The molecule has 0 saturated heterocycles. The molecule has 0 unspecified atom stereocenters. The molecule has 0 radical (unpaired) electrons. The third kappa shape index (κ3) is 5.04. The largest absolute Gasteiger partial charge is 0.490 e. The van der Waals surface area contributed by atoms with Crippen molar-refractivity contribution in [3.63, 3.8) is 0 Å². The van der Waals surface area contributed by atoms with Crippen LogP contribution in [-0.2, 0) is 4.79 Å². The van der Waals surface area contributed by atoms with Gasteiger partial charge in [-0.3, -0.25) is 14.9 Å². The Labute approximate surface area is 150 Å². The number of nitrogens with one attached hydrogen (secondary N) is 1. The lowest BCUT2D eigenvalue weighted by Gasteiger charge is -2.07. The molecule has 136 valence electrons. The molecular weight excluding hydrogens is 338 g/mol. The summed E-state index contributed by atoms with van der Waals surface area (Å²) in [7, 11) is 1.35. The standard InChI is InChI=1S/C18H19N3O5/c1-12-4-6-15(8-13(12)2)26-11-18(22)20-19-10-14-5-7-17(25-3)16(9-14)21(23)24/h4-10H,11H2,1-3H3,(H,20,22)/b19-10-. The summed E-state index contributed by atoms with van der Waals surface area (Å²) in [6.45, 7) is 3.76. The van der Waals surface area contributed by atoms with Gasteiger partial charge in [0.15, 0.2) is 12.4 Å². The molecular formula is C18H19N3O5. The zero-order valence-electron chi connectivity index (χ0n) is 14.7. The SMILES string of the molecule is COc1ccc(/C=N\NC(=O)COc2ccc(C)c(C)c2)cc1[N+](=O)[O-]. The van der Waals surface area contributed by atoms with Crippen molar-refractivity contribution in [2.24, 2.45) is 5.10 Å². The van der Waals surface area contributed by atoms with Gasteiger partial charge >= 0.3 is 5.69 Å². The van der Waals surface area contributed by atoms with Crippen LogP contribution in [0.1, 0.15) is 16.7 Å². The number of hydrogen-bond donors (Lipinski definition) is 1. The monoisotopic (exact) mass is 357 g/mol. The van der Waals surface area contributed by atoms with Crippen LogP contribution in [0, 0.1) is 24.0 Å². The fourth-order valence-electron chi connectivity index (χ4n) is 2.09. The van der Waals surface area contributed by atoms with E-state index in [2.05, 4.69) is 10.5 Å². The van der Waals surface area contributed by atoms with Crippen molar-refractivity contribution in [1.29, 1.82) is 0 Å². The third-order valence-electron chi connectivity index (χ3n) is 3.65. The van der Waals surface area contributed by atoms with Gasteiger partial charge in [-0.05, 0) is 49.2 Å².